The first-order chi connectivity index (χ1) is 14.9. The van der Waals surface area contributed by atoms with E-state index in [1.165, 1.54) is 33.9 Å². The van der Waals surface area contributed by atoms with E-state index in [0.29, 0.717) is 42.4 Å². The van der Waals surface area contributed by atoms with Crippen LogP contribution in [-0.4, -0.2) is 57.5 Å². The highest BCUT2D eigenvalue weighted by Gasteiger charge is 2.25. The van der Waals surface area contributed by atoms with Gasteiger partial charge >= 0.3 is 5.97 Å². The van der Waals surface area contributed by atoms with E-state index in [-0.39, 0.29) is 4.90 Å². The fraction of sp³-hybridized carbons (Fsp3) is 0.250. The fourth-order valence-corrected chi connectivity index (χ4v) is 4.85. The monoisotopic (exact) mass is 461 g/mol. The number of hydrogen-bond acceptors (Lipinski definition) is 8. The van der Waals surface area contributed by atoms with Crippen LogP contribution in [0, 0.1) is 11.3 Å². The van der Waals surface area contributed by atoms with Crippen LogP contribution in [0.2, 0.25) is 0 Å². The van der Waals surface area contributed by atoms with E-state index in [0.717, 1.165) is 6.08 Å². The zero-order valence-corrected chi connectivity index (χ0v) is 17.9. The molecule has 2 aromatic rings. The predicted molar refractivity (Wildman–Crippen MR) is 114 cm³/mol. The largest absolute Gasteiger partial charge is 0.452 e. The smallest absolute Gasteiger partial charge is 0.331 e. The zero-order valence-electron chi connectivity index (χ0n) is 16.3. The lowest BCUT2D eigenvalue weighted by molar-refractivity contribution is -0.142. The maximum Gasteiger partial charge on any atom is 0.331 e. The molecule has 31 heavy (non-hydrogen) atoms. The van der Waals surface area contributed by atoms with E-state index in [9.17, 15) is 18.0 Å². The Morgan fingerprint density at radius 2 is 1.94 bits per heavy atom. The molecule has 1 saturated heterocycles. The van der Waals surface area contributed by atoms with Crippen molar-refractivity contribution in [1.29, 1.82) is 5.26 Å². The molecule has 1 amide bonds. The Hall–Kier alpha value is -3.04. The Bertz CT molecular complexity index is 1110. The molecule has 9 nitrogen and oxygen atoms in total. The molecule has 1 aromatic carbocycles. The fourth-order valence-electron chi connectivity index (χ4n) is 2.69. The van der Waals surface area contributed by atoms with Gasteiger partial charge in [0.15, 0.2) is 6.61 Å². The Labute approximate surface area is 183 Å². The van der Waals surface area contributed by atoms with Gasteiger partial charge in [-0.3, -0.25) is 4.79 Å². The number of rotatable bonds is 7. The number of hydrogen-bond donors (Lipinski definition) is 1. The van der Waals surface area contributed by atoms with Gasteiger partial charge in [-0.25, -0.2) is 13.2 Å². The topological polar surface area (TPSA) is 126 Å². The molecular formula is C20H19N3O6S2. The molecule has 0 atom stereocenters. The van der Waals surface area contributed by atoms with E-state index in [1.54, 1.807) is 23.6 Å². The van der Waals surface area contributed by atoms with Crippen LogP contribution in [0.15, 0.2) is 46.7 Å². The van der Waals surface area contributed by atoms with Crippen molar-refractivity contribution in [2.45, 2.75) is 4.90 Å². The number of nitrogens with zero attached hydrogens (tertiary/aromatic N) is 2. The first kappa shape index (κ1) is 22.6. The second kappa shape index (κ2) is 10.3. The molecule has 0 aliphatic carbocycles. The average Bonchev–Trinajstić information content (AvgIpc) is 3.24. The van der Waals surface area contributed by atoms with E-state index < -0.39 is 28.5 Å². The number of amides is 1. The highest BCUT2D eigenvalue weighted by Crippen LogP contribution is 2.22. The van der Waals surface area contributed by atoms with Gasteiger partial charge in [-0.1, -0.05) is 12.1 Å². The number of thiophene rings is 1. The number of nitrogens with one attached hydrogen (secondary N) is 1. The summed E-state index contributed by atoms with van der Waals surface area (Å²) in [5.41, 5.74) is 0.934. The molecule has 0 radical (unpaired) electrons. The molecule has 3 rings (SSSR count). The summed E-state index contributed by atoms with van der Waals surface area (Å²) in [5.74, 6) is -1.29. The quantitative estimate of drug-likeness (QED) is 0.492. The standard InChI is InChI=1S/C20H19N3O6S2/c21-13-16-7-12-30-20(16)22-18(24)14-29-19(25)6-3-15-1-4-17(5-2-15)31(26,27)23-8-10-28-11-9-23/h1-7,12H,8-11,14H2,(H,22,24). The minimum atomic E-state index is -3.58. The first-order valence-electron chi connectivity index (χ1n) is 9.20. The number of nitriles is 1. The molecular weight excluding hydrogens is 442 g/mol. The van der Waals surface area contributed by atoms with Crippen molar-refractivity contribution in [3.8, 4) is 6.07 Å². The Morgan fingerprint density at radius 1 is 1.23 bits per heavy atom. The third-order valence-corrected chi connectivity index (χ3v) is 7.03. The highest BCUT2D eigenvalue weighted by molar-refractivity contribution is 7.89. The SMILES string of the molecule is N#Cc1ccsc1NC(=O)COC(=O)C=Cc1ccc(S(=O)(=O)N2CCOCC2)cc1. The summed E-state index contributed by atoms with van der Waals surface area (Å²) in [5, 5.41) is 13.5. The summed E-state index contributed by atoms with van der Waals surface area (Å²) < 4.78 is 36.6. The van der Waals surface area contributed by atoms with E-state index in [1.807, 2.05) is 6.07 Å². The van der Waals surface area contributed by atoms with Crippen molar-refractivity contribution < 1.29 is 27.5 Å². The molecule has 0 spiro atoms. The minimum absolute atomic E-state index is 0.163. The van der Waals surface area contributed by atoms with Crippen LogP contribution in [-0.2, 0) is 29.1 Å². The van der Waals surface area contributed by atoms with Crippen LogP contribution in [0.1, 0.15) is 11.1 Å². The van der Waals surface area contributed by atoms with Crippen LogP contribution in [0.4, 0.5) is 5.00 Å². The third-order valence-electron chi connectivity index (χ3n) is 4.28. The van der Waals surface area contributed by atoms with Gasteiger partial charge in [0.2, 0.25) is 10.0 Å². The van der Waals surface area contributed by atoms with E-state index in [4.69, 9.17) is 14.7 Å². The van der Waals surface area contributed by atoms with Gasteiger partial charge in [0.25, 0.3) is 5.91 Å². The van der Waals surface area contributed by atoms with Crippen LogP contribution < -0.4 is 5.32 Å². The number of morpholine rings is 1. The maximum absolute atomic E-state index is 12.6. The Morgan fingerprint density at radius 3 is 2.61 bits per heavy atom. The van der Waals surface area contributed by atoms with Gasteiger partial charge in [-0.05, 0) is 35.2 Å². The Kier molecular flexibility index (Phi) is 7.54. The third kappa shape index (κ3) is 5.99. The number of anilines is 1. The van der Waals surface area contributed by atoms with Crippen molar-refractivity contribution in [2.75, 3.05) is 38.2 Å². The van der Waals surface area contributed by atoms with Crippen molar-refractivity contribution in [3.63, 3.8) is 0 Å². The maximum atomic E-state index is 12.6. The van der Waals surface area contributed by atoms with E-state index in [2.05, 4.69) is 5.32 Å². The summed E-state index contributed by atoms with van der Waals surface area (Å²) in [6, 6.07) is 9.61. The van der Waals surface area contributed by atoms with Crippen molar-refractivity contribution in [1.82, 2.24) is 4.31 Å². The first-order valence-corrected chi connectivity index (χ1v) is 11.5. The lowest BCUT2D eigenvalue weighted by Gasteiger charge is -2.26. The molecule has 0 unspecified atom stereocenters. The predicted octanol–water partition coefficient (Wildman–Crippen LogP) is 1.84. The number of carbonyl (C=O) groups excluding carboxylic acids is 2. The number of ether oxygens (including phenoxy) is 2. The molecule has 1 fully saturated rings. The number of sulfonamides is 1. The van der Waals surface area contributed by atoms with Gasteiger partial charge in [0.1, 0.15) is 11.1 Å². The second-order valence-corrected chi connectivity index (χ2v) is 9.20. The molecule has 1 aliphatic heterocycles. The van der Waals surface area contributed by atoms with Crippen LogP contribution in [0.3, 0.4) is 0 Å². The average molecular weight is 462 g/mol. The summed E-state index contributed by atoms with van der Waals surface area (Å²) in [4.78, 5) is 23.8. The van der Waals surface area contributed by atoms with Crippen LogP contribution >= 0.6 is 11.3 Å². The summed E-state index contributed by atoms with van der Waals surface area (Å²) in [6.07, 6.45) is 2.60. The number of carbonyl (C=O) groups is 2. The van der Waals surface area contributed by atoms with Gasteiger partial charge in [-0.15, -0.1) is 11.3 Å². The molecule has 11 heteroatoms. The van der Waals surface area contributed by atoms with Crippen molar-refractivity contribution in [3.05, 3.63) is 52.9 Å². The van der Waals surface area contributed by atoms with Gasteiger partial charge in [0.05, 0.1) is 23.7 Å². The second-order valence-electron chi connectivity index (χ2n) is 6.35. The normalized spacial score (nSPS) is 14.8. The molecule has 162 valence electrons. The van der Waals surface area contributed by atoms with Crippen molar-refractivity contribution >= 4 is 44.3 Å². The minimum Gasteiger partial charge on any atom is -0.452 e. The molecule has 0 bridgehead atoms. The zero-order chi connectivity index (χ0) is 22.3. The molecule has 1 aliphatic rings. The highest BCUT2D eigenvalue weighted by atomic mass is 32.2. The molecule has 1 aromatic heterocycles. The lowest BCUT2D eigenvalue weighted by atomic mass is 10.2. The summed E-state index contributed by atoms with van der Waals surface area (Å²) >= 11 is 1.20. The lowest BCUT2D eigenvalue weighted by Crippen LogP contribution is -2.40. The molecule has 1 N–H and O–H groups in total. The summed E-state index contributed by atoms with van der Waals surface area (Å²) in [6.45, 7) is 0.865. The van der Waals surface area contributed by atoms with Gasteiger partial charge < -0.3 is 14.8 Å². The van der Waals surface area contributed by atoms with Crippen LogP contribution in [0.5, 0.6) is 0 Å². The van der Waals surface area contributed by atoms with Gasteiger partial charge in [0, 0.05) is 19.2 Å². The summed E-state index contributed by atoms with van der Waals surface area (Å²) in [7, 11) is -3.58. The van der Waals surface area contributed by atoms with Crippen molar-refractivity contribution in [2.24, 2.45) is 0 Å². The molecule has 0 saturated carbocycles. The number of esters is 1. The van der Waals surface area contributed by atoms with E-state index >= 15 is 0 Å². The van der Waals surface area contributed by atoms with Crippen LogP contribution in [0.25, 0.3) is 6.08 Å². The van der Waals surface area contributed by atoms with Gasteiger partial charge in [-0.2, -0.15) is 9.57 Å². The number of benzene rings is 1. The Balaban J connectivity index is 1.51. The molecule has 2 heterocycles.